The van der Waals surface area contributed by atoms with Gasteiger partial charge in [-0.3, -0.25) is 14.7 Å². The maximum Gasteiger partial charge on any atom is 0.260 e. The molecule has 0 aliphatic heterocycles. The second-order valence-corrected chi connectivity index (χ2v) is 10.1. The average molecular weight is 464 g/mol. The van der Waals surface area contributed by atoms with Crippen molar-refractivity contribution in [3.63, 3.8) is 0 Å². The minimum Gasteiger partial charge on any atom is -0.492 e. The number of aromatic nitrogens is 2. The first-order valence-corrected chi connectivity index (χ1v) is 12.2. The molecule has 7 heteroatoms. The van der Waals surface area contributed by atoms with E-state index in [0.29, 0.717) is 29.1 Å². The second kappa shape index (κ2) is 10.1. The number of thioether (sulfide) groups is 1. The number of anilines is 1. The Morgan fingerprint density at radius 2 is 1.94 bits per heavy atom. The molecule has 0 radical (unpaired) electrons. The van der Waals surface area contributed by atoms with Crippen LogP contribution in [0, 0.1) is 0 Å². The lowest BCUT2D eigenvalue weighted by Gasteiger charge is -2.20. The van der Waals surface area contributed by atoms with Crippen molar-refractivity contribution in [1.82, 2.24) is 9.97 Å². The van der Waals surface area contributed by atoms with Crippen molar-refractivity contribution in [1.29, 1.82) is 0 Å². The second-order valence-electron chi connectivity index (χ2n) is 7.48. The summed E-state index contributed by atoms with van der Waals surface area (Å²) in [7, 11) is 0. The van der Waals surface area contributed by atoms with E-state index in [4.69, 9.17) is 9.72 Å². The summed E-state index contributed by atoms with van der Waals surface area (Å²) in [4.78, 5) is 25.5. The van der Waals surface area contributed by atoms with E-state index in [1.54, 1.807) is 29.1 Å². The number of hydrogen-bond donors (Lipinski definition) is 0. The zero-order valence-electron chi connectivity index (χ0n) is 18.3. The first-order chi connectivity index (χ1) is 15.5. The standard InChI is InChI=1S/C25H25N3O2S2/c1-4-30-21-8-5-9-22-23(21)27-25(32-22)28(16-18-7-6-14-26-15-18)24(29)19-10-12-20(13-11-19)31-17(2)3/h5-15,17H,4,16H2,1-3H3. The average Bonchev–Trinajstić information content (AvgIpc) is 3.23. The smallest absolute Gasteiger partial charge is 0.260 e. The Balaban J connectivity index is 1.71. The Hall–Kier alpha value is -2.90. The number of fused-ring (bicyclic) bond motifs is 1. The minimum atomic E-state index is -0.0908. The third kappa shape index (κ3) is 5.11. The molecule has 0 atom stereocenters. The molecule has 4 rings (SSSR count). The van der Waals surface area contributed by atoms with Gasteiger partial charge < -0.3 is 4.74 Å². The molecule has 1 amide bonds. The molecule has 4 aromatic rings. The monoisotopic (exact) mass is 463 g/mol. The van der Waals surface area contributed by atoms with Crippen LogP contribution < -0.4 is 9.64 Å². The summed E-state index contributed by atoms with van der Waals surface area (Å²) in [5, 5.41) is 1.13. The van der Waals surface area contributed by atoms with E-state index >= 15 is 0 Å². The third-order valence-electron chi connectivity index (χ3n) is 4.68. The van der Waals surface area contributed by atoms with Crippen molar-refractivity contribution in [2.24, 2.45) is 0 Å². The van der Waals surface area contributed by atoms with Gasteiger partial charge in [-0.2, -0.15) is 0 Å². The maximum atomic E-state index is 13.6. The normalized spacial score (nSPS) is 11.1. The Morgan fingerprint density at radius 3 is 2.62 bits per heavy atom. The molecule has 2 aromatic heterocycles. The number of nitrogens with zero attached hydrogens (tertiary/aromatic N) is 3. The van der Waals surface area contributed by atoms with Crippen molar-refractivity contribution in [2.45, 2.75) is 37.5 Å². The maximum absolute atomic E-state index is 13.6. The molecule has 0 N–H and O–H groups in total. The van der Waals surface area contributed by atoms with Crippen LogP contribution in [-0.2, 0) is 6.54 Å². The summed E-state index contributed by atoms with van der Waals surface area (Å²) in [6.45, 7) is 7.21. The number of ether oxygens (including phenoxy) is 1. The lowest BCUT2D eigenvalue weighted by Crippen LogP contribution is -2.30. The van der Waals surface area contributed by atoms with E-state index in [1.807, 2.05) is 61.5 Å². The Kier molecular flexibility index (Phi) is 7.07. The number of carbonyl (C=O) groups excluding carboxylic acids is 1. The van der Waals surface area contributed by atoms with Crippen LogP contribution in [0.3, 0.4) is 0 Å². The number of thiazole rings is 1. The summed E-state index contributed by atoms with van der Waals surface area (Å²) in [5.74, 6) is 0.642. The van der Waals surface area contributed by atoms with Crippen LogP contribution in [0.4, 0.5) is 5.13 Å². The molecule has 0 aliphatic rings. The van der Waals surface area contributed by atoms with Gasteiger partial charge in [0.1, 0.15) is 11.3 Å². The Bertz CT molecular complexity index is 1190. The van der Waals surface area contributed by atoms with Gasteiger partial charge in [0, 0.05) is 28.1 Å². The fourth-order valence-corrected chi connectivity index (χ4v) is 5.12. The molecule has 0 unspecified atom stereocenters. The van der Waals surface area contributed by atoms with Gasteiger partial charge in [0.2, 0.25) is 0 Å². The molecule has 0 saturated heterocycles. The highest BCUT2D eigenvalue weighted by molar-refractivity contribution is 7.99. The van der Waals surface area contributed by atoms with Crippen molar-refractivity contribution in [2.75, 3.05) is 11.5 Å². The molecule has 2 heterocycles. The molecule has 0 aliphatic carbocycles. The van der Waals surface area contributed by atoms with Crippen molar-refractivity contribution in [3.05, 3.63) is 78.1 Å². The van der Waals surface area contributed by atoms with Gasteiger partial charge >= 0.3 is 0 Å². The molecular weight excluding hydrogens is 438 g/mol. The number of hydrogen-bond acceptors (Lipinski definition) is 6. The van der Waals surface area contributed by atoms with E-state index in [-0.39, 0.29) is 5.91 Å². The van der Waals surface area contributed by atoms with Crippen molar-refractivity contribution in [3.8, 4) is 5.75 Å². The predicted octanol–water partition coefficient (Wildman–Crippen LogP) is 6.44. The van der Waals surface area contributed by atoms with E-state index in [0.717, 1.165) is 26.4 Å². The van der Waals surface area contributed by atoms with Crippen LogP contribution in [0.15, 0.2) is 71.9 Å². The number of rotatable bonds is 8. The zero-order valence-corrected chi connectivity index (χ0v) is 20.0. The highest BCUT2D eigenvalue weighted by Gasteiger charge is 2.23. The van der Waals surface area contributed by atoms with Gasteiger partial charge in [-0.05, 0) is 55.0 Å². The van der Waals surface area contributed by atoms with Crippen LogP contribution in [0.25, 0.3) is 10.2 Å². The molecule has 32 heavy (non-hydrogen) atoms. The largest absolute Gasteiger partial charge is 0.492 e. The molecule has 0 bridgehead atoms. The first-order valence-electron chi connectivity index (χ1n) is 10.5. The summed E-state index contributed by atoms with van der Waals surface area (Å²) in [6.07, 6.45) is 3.51. The highest BCUT2D eigenvalue weighted by atomic mass is 32.2. The highest BCUT2D eigenvalue weighted by Crippen LogP contribution is 2.35. The SMILES string of the molecule is CCOc1cccc2sc(N(Cc3cccnc3)C(=O)c3ccc(SC(C)C)cc3)nc12. The number of pyridine rings is 1. The Morgan fingerprint density at radius 1 is 1.12 bits per heavy atom. The van der Waals surface area contributed by atoms with Gasteiger partial charge in [0.25, 0.3) is 5.91 Å². The molecule has 0 fully saturated rings. The molecular formula is C25H25N3O2S2. The van der Waals surface area contributed by atoms with Crippen LogP contribution in [-0.4, -0.2) is 27.7 Å². The Labute approximate surface area is 196 Å². The molecule has 2 aromatic carbocycles. The van der Waals surface area contributed by atoms with Crippen LogP contribution in [0.5, 0.6) is 5.75 Å². The number of benzene rings is 2. The molecule has 0 saturated carbocycles. The van der Waals surface area contributed by atoms with Crippen molar-refractivity contribution >= 4 is 44.4 Å². The predicted molar refractivity (Wildman–Crippen MR) is 133 cm³/mol. The van der Waals surface area contributed by atoms with Gasteiger partial charge in [0.05, 0.1) is 17.9 Å². The lowest BCUT2D eigenvalue weighted by atomic mass is 10.2. The van der Waals surface area contributed by atoms with Gasteiger partial charge in [0.15, 0.2) is 5.13 Å². The van der Waals surface area contributed by atoms with E-state index < -0.39 is 0 Å². The summed E-state index contributed by atoms with van der Waals surface area (Å²) < 4.78 is 6.73. The summed E-state index contributed by atoms with van der Waals surface area (Å²) in [6, 6.07) is 17.5. The number of para-hydroxylation sites is 1. The topological polar surface area (TPSA) is 55.3 Å². The van der Waals surface area contributed by atoms with E-state index in [9.17, 15) is 4.79 Å². The lowest BCUT2D eigenvalue weighted by molar-refractivity contribution is 0.0985. The van der Waals surface area contributed by atoms with Gasteiger partial charge in [-0.15, -0.1) is 11.8 Å². The van der Waals surface area contributed by atoms with E-state index in [2.05, 4.69) is 18.8 Å². The minimum absolute atomic E-state index is 0.0908. The summed E-state index contributed by atoms with van der Waals surface area (Å²) >= 11 is 3.27. The fourth-order valence-electron chi connectivity index (χ4n) is 3.30. The molecule has 5 nitrogen and oxygen atoms in total. The van der Waals surface area contributed by atoms with Crippen LogP contribution in [0.1, 0.15) is 36.7 Å². The quantitative estimate of drug-likeness (QED) is 0.282. The molecule has 0 spiro atoms. The van der Waals surface area contributed by atoms with Gasteiger partial charge in [-0.1, -0.05) is 37.3 Å². The third-order valence-corrected chi connectivity index (χ3v) is 6.74. The number of amides is 1. The first kappa shape index (κ1) is 22.3. The molecule has 164 valence electrons. The fraction of sp³-hybridized carbons (Fsp3) is 0.240. The van der Waals surface area contributed by atoms with E-state index in [1.165, 1.54) is 11.3 Å². The number of carbonyl (C=O) groups is 1. The van der Waals surface area contributed by atoms with Crippen molar-refractivity contribution < 1.29 is 9.53 Å². The summed E-state index contributed by atoms with van der Waals surface area (Å²) in [5.41, 5.74) is 2.35. The van der Waals surface area contributed by atoms with Gasteiger partial charge in [-0.25, -0.2) is 4.98 Å². The van der Waals surface area contributed by atoms with Crippen LogP contribution >= 0.6 is 23.1 Å². The zero-order chi connectivity index (χ0) is 22.5. The van der Waals surface area contributed by atoms with Crippen LogP contribution in [0.2, 0.25) is 0 Å².